The number of methoxy groups -OCH3 is 1. The molecule has 2 aliphatic rings. The summed E-state index contributed by atoms with van der Waals surface area (Å²) in [5.41, 5.74) is 3.18. The van der Waals surface area contributed by atoms with Crippen LogP contribution in [0.5, 0.6) is 5.75 Å². The summed E-state index contributed by atoms with van der Waals surface area (Å²) in [6.07, 6.45) is 2.03. The van der Waals surface area contributed by atoms with Crippen LogP contribution >= 0.6 is 0 Å². The van der Waals surface area contributed by atoms with Crippen molar-refractivity contribution in [2.45, 2.75) is 58.2 Å². The third kappa shape index (κ3) is 4.37. The molecule has 1 aliphatic heterocycles. The van der Waals surface area contributed by atoms with Crippen LogP contribution < -0.4 is 4.90 Å². The second-order valence-corrected chi connectivity index (χ2v) is 16.8. The van der Waals surface area contributed by atoms with Gasteiger partial charge in [0.15, 0.2) is 8.32 Å². The van der Waals surface area contributed by atoms with E-state index in [2.05, 4.69) is 33.9 Å². The van der Waals surface area contributed by atoms with Crippen molar-refractivity contribution >= 4 is 42.8 Å². The fourth-order valence-electron chi connectivity index (χ4n) is 5.66. The van der Waals surface area contributed by atoms with Gasteiger partial charge in [0, 0.05) is 30.2 Å². The molecule has 3 aromatic rings. The number of fused-ring (bicyclic) bond motifs is 4. The lowest BCUT2D eigenvalue weighted by Gasteiger charge is -2.36. The van der Waals surface area contributed by atoms with Gasteiger partial charge in [-0.25, -0.2) is 4.79 Å². The zero-order valence-corrected chi connectivity index (χ0v) is 24.4. The first-order valence-corrected chi connectivity index (χ1v) is 16.3. The Labute approximate surface area is 229 Å². The summed E-state index contributed by atoms with van der Waals surface area (Å²) < 4.78 is 12.8. The molecule has 8 nitrogen and oxygen atoms in total. The molecule has 0 radical (unpaired) electrons. The van der Waals surface area contributed by atoms with Gasteiger partial charge in [0.1, 0.15) is 5.75 Å². The molecule has 2 aromatic carbocycles. The van der Waals surface area contributed by atoms with Gasteiger partial charge >= 0.3 is 6.09 Å². The van der Waals surface area contributed by atoms with E-state index in [0.29, 0.717) is 41.8 Å². The van der Waals surface area contributed by atoms with E-state index < -0.39 is 26.2 Å². The minimum atomic E-state index is -2.04. The summed E-state index contributed by atoms with van der Waals surface area (Å²) in [7, 11) is -0.723. The number of ether oxygens (including phenoxy) is 1. The number of amides is 2. The third-order valence-corrected chi connectivity index (χ3v) is 13.4. The Morgan fingerprint density at radius 3 is 2.23 bits per heavy atom. The van der Waals surface area contributed by atoms with Gasteiger partial charge in [-0.3, -0.25) is 19.1 Å². The highest BCUT2D eigenvalue weighted by atomic mass is 28.4. The standard InChI is InChI=1S/C30H36N2O6Si/c1-30(2,3)39(5,6)38-15-13-20-25-19(12-14-31(25)29(36)37-4)21-16-23-24(17-22(21)26(20)33)28(35)32(27(23)34)18-10-8-7-9-11-18/h7-12,14,23-24,33H,13,15-17H2,1-6H3/t23-,24+/m1/s1. The molecule has 2 atom stereocenters. The number of phenols is 1. The molecule has 1 N–H and O–H groups in total. The maximum atomic E-state index is 13.5. The maximum Gasteiger partial charge on any atom is 0.418 e. The van der Waals surface area contributed by atoms with Crippen LogP contribution in [0.1, 0.15) is 37.5 Å². The van der Waals surface area contributed by atoms with Crippen LogP contribution in [0.15, 0.2) is 42.6 Å². The molecule has 9 heteroatoms. The lowest BCUT2D eigenvalue weighted by atomic mass is 9.75. The smallest absolute Gasteiger partial charge is 0.418 e. The molecule has 5 rings (SSSR count). The summed E-state index contributed by atoms with van der Waals surface area (Å²) in [4.78, 5) is 40.9. The number of hydrogen-bond donors (Lipinski definition) is 1. The van der Waals surface area contributed by atoms with Crippen LogP contribution in [0.4, 0.5) is 10.5 Å². The van der Waals surface area contributed by atoms with E-state index in [1.165, 1.54) is 16.6 Å². The number of hydrogen-bond acceptors (Lipinski definition) is 6. The van der Waals surface area contributed by atoms with Crippen molar-refractivity contribution in [3.05, 3.63) is 59.3 Å². The Balaban J connectivity index is 1.57. The lowest BCUT2D eigenvalue weighted by molar-refractivity contribution is -0.122. The highest BCUT2D eigenvalue weighted by Crippen LogP contribution is 2.47. The molecule has 2 heterocycles. The van der Waals surface area contributed by atoms with E-state index in [0.717, 1.165) is 10.9 Å². The van der Waals surface area contributed by atoms with Crippen molar-refractivity contribution in [2.75, 3.05) is 18.6 Å². The van der Waals surface area contributed by atoms with Gasteiger partial charge in [0.25, 0.3) is 0 Å². The van der Waals surface area contributed by atoms with E-state index >= 15 is 0 Å². The van der Waals surface area contributed by atoms with Crippen LogP contribution in [0, 0.1) is 11.8 Å². The topological polar surface area (TPSA) is 98.1 Å². The van der Waals surface area contributed by atoms with Crippen molar-refractivity contribution in [3.63, 3.8) is 0 Å². The Hall–Kier alpha value is -3.43. The SMILES string of the molecule is COC(=O)n1ccc2c3c(c(O)c(CCO[Si](C)(C)C(C)(C)C)c21)C[C@@H]1C(=O)N(c2ccccc2)C(=O)[C@@H]1C3. The normalized spacial score (nSPS) is 19.4. The van der Waals surface area contributed by atoms with Crippen LogP contribution in [0.3, 0.4) is 0 Å². The van der Waals surface area contributed by atoms with Gasteiger partial charge in [-0.05, 0) is 60.3 Å². The number of carbonyl (C=O) groups excluding carboxylic acids is 3. The highest BCUT2D eigenvalue weighted by molar-refractivity contribution is 6.74. The van der Waals surface area contributed by atoms with Crippen LogP contribution in [0.2, 0.25) is 18.1 Å². The predicted octanol–water partition coefficient (Wildman–Crippen LogP) is 5.43. The maximum absolute atomic E-state index is 13.5. The second-order valence-electron chi connectivity index (χ2n) is 12.0. The molecular formula is C30H36N2O6Si. The van der Waals surface area contributed by atoms with Crippen molar-refractivity contribution in [2.24, 2.45) is 11.8 Å². The van der Waals surface area contributed by atoms with Crippen LogP contribution in [-0.4, -0.2) is 49.6 Å². The average Bonchev–Trinajstić information content (AvgIpc) is 3.44. The lowest BCUT2D eigenvalue weighted by Crippen LogP contribution is -2.41. The van der Waals surface area contributed by atoms with Gasteiger partial charge in [0.2, 0.25) is 11.8 Å². The van der Waals surface area contributed by atoms with E-state index in [1.807, 2.05) is 12.1 Å². The first kappa shape index (κ1) is 27.1. The predicted molar refractivity (Wildman–Crippen MR) is 152 cm³/mol. The molecule has 0 spiro atoms. The second kappa shape index (κ2) is 9.64. The summed E-state index contributed by atoms with van der Waals surface area (Å²) in [5, 5.41) is 12.5. The molecule has 206 valence electrons. The van der Waals surface area contributed by atoms with Gasteiger partial charge in [-0.15, -0.1) is 0 Å². The highest BCUT2D eigenvalue weighted by Gasteiger charge is 2.51. The number of phenolic OH excluding ortho intramolecular Hbond substituents is 1. The van der Waals surface area contributed by atoms with E-state index in [-0.39, 0.29) is 29.0 Å². The zero-order valence-electron chi connectivity index (χ0n) is 23.4. The molecule has 1 saturated heterocycles. The van der Waals surface area contributed by atoms with Gasteiger partial charge in [0.05, 0.1) is 30.1 Å². The van der Waals surface area contributed by atoms with E-state index in [4.69, 9.17) is 9.16 Å². The van der Waals surface area contributed by atoms with Crippen LogP contribution in [0.25, 0.3) is 10.9 Å². The van der Waals surface area contributed by atoms with E-state index in [9.17, 15) is 19.5 Å². The van der Waals surface area contributed by atoms with Gasteiger partial charge in [-0.1, -0.05) is 39.0 Å². The Morgan fingerprint density at radius 1 is 1.03 bits per heavy atom. The summed E-state index contributed by atoms with van der Waals surface area (Å²) in [5.74, 6) is -1.48. The third-order valence-electron chi connectivity index (χ3n) is 8.85. The van der Waals surface area contributed by atoms with Crippen molar-refractivity contribution in [1.29, 1.82) is 0 Å². The Kier molecular flexibility index (Phi) is 6.71. The largest absolute Gasteiger partial charge is 0.507 e. The number of aromatic nitrogens is 1. The Morgan fingerprint density at radius 2 is 1.64 bits per heavy atom. The summed E-state index contributed by atoms with van der Waals surface area (Å²) in [6.45, 7) is 11.2. The monoisotopic (exact) mass is 548 g/mol. The minimum absolute atomic E-state index is 0.0292. The molecule has 0 unspecified atom stereocenters. The van der Waals surface area contributed by atoms with Crippen molar-refractivity contribution < 1.29 is 28.7 Å². The molecule has 1 fully saturated rings. The van der Waals surface area contributed by atoms with Crippen LogP contribution in [-0.2, 0) is 38.0 Å². The van der Waals surface area contributed by atoms with Crippen molar-refractivity contribution in [1.82, 2.24) is 4.57 Å². The quantitative estimate of drug-likeness (QED) is 0.337. The molecule has 2 amide bonds. The molecule has 0 bridgehead atoms. The number of nitrogens with zero attached hydrogens (tertiary/aromatic N) is 2. The van der Waals surface area contributed by atoms with Gasteiger partial charge in [-0.2, -0.15) is 0 Å². The zero-order chi connectivity index (χ0) is 28.3. The number of anilines is 1. The summed E-state index contributed by atoms with van der Waals surface area (Å²) in [6, 6.07) is 10.8. The number of carbonyl (C=O) groups is 3. The average molecular weight is 549 g/mol. The number of rotatable bonds is 5. The number of benzene rings is 2. The van der Waals surface area contributed by atoms with Gasteiger partial charge < -0.3 is 14.3 Å². The van der Waals surface area contributed by atoms with E-state index in [1.54, 1.807) is 30.5 Å². The first-order chi connectivity index (χ1) is 18.4. The molecule has 0 saturated carbocycles. The summed E-state index contributed by atoms with van der Waals surface area (Å²) >= 11 is 0. The number of para-hydroxylation sites is 1. The molecular weight excluding hydrogens is 512 g/mol. The molecule has 1 aromatic heterocycles. The fraction of sp³-hybridized carbons (Fsp3) is 0.433. The van der Waals surface area contributed by atoms with Crippen molar-refractivity contribution in [3.8, 4) is 5.75 Å². The Bertz CT molecular complexity index is 1470. The number of imide groups is 1. The minimum Gasteiger partial charge on any atom is -0.507 e. The fourth-order valence-corrected chi connectivity index (χ4v) is 6.71. The first-order valence-electron chi connectivity index (χ1n) is 13.4. The number of aromatic hydroxyl groups is 1. The molecule has 39 heavy (non-hydrogen) atoms. The molecule has 1 aliphatic carbocycles.